The Bertz CT molecular complexity index is 1030. The molecule has 1 heterocycles. The molecular weight excluding hydrogens is 401 g/mol. The molecule has 0 unspecified atom stereocenters. The normalized spacial score (nSPS) is 10.6. The van der Waals surface area contributed by atoms with E-state index in [9.17, 15) is 9.59 Å². The third kappa shape index (κ3) is 4.35. The Morgan fingerprint density at radius 3 is 2.54 bits per heavy atom. The fourth-order valence-corrected chi connectivity index (χ4v) is 3.05. The van der Waals surface area contributed by atoms with Gasteiger partial charge in [0.1, 0.15) is 0 Å². The van der Waals surface area contributed by atoms with Gasteiger partial charge in [0.25, 0.3) is 5.91 Å². The summed E-state index contributed by atoms with van der Waals surface area (Å²) < 4.78 is 6.79. The van der Waals surface area contributed by atoms with Crippen molar-refractivity contribution >= 4 is 40.8 Å². The molecule has 144 valence electrons. The van der Waals surface area contributed by atoms with Crippen LogP contribution in [-0.4, -0.2) is 28.3 Å². The summed E-state index contributed by atoms with van der Waals surface area (Å²) in [5.41, 5.74) is 2.97. The third-order valence-electron chi connectivity index (χ3n) is 4.04. The van der Waals surface area contributed by atoms with Crippen molar-refractivity contribution in [1.82, 2.24) is 9.78 Å². The van der Waals surface area contributed by atoms with Crippen molar-refractivity contribution in [2.24, 2.45) is 0 Å². The van der Waals surface area contributed by atoms with Gasteiger partial charge in [0.2, 0.25) is 0 Å². The molecule has 0 bridgehead atoms. The molecule has 0 saturated carbocycles. The molecule has 0 spiro atoms. The number of rotatable bonds is 5. The second kappa shape index (κ2) is 8.46. The first kappa shape index (κ1) is 19.9. The lowest BCUT2D eigenvalue weighted by molar-refractivity contribution is -0.119. The monoisotopic (exact) mass is 417 g/mol. The Labute approximate surface area is 172 Å². The fraction of sp³-hybridized carbons (Fsp3) is 0.150. The number of para-hydroxylation sites is 1. The number of nitrogens with one attached hydrogen (secondary N) is 1. The van der Waals surface area contributed by atoms with Gasteiger partial charge in [0, 0.05) is 5.02 Å². The second-order valence-electron chi connectivity index (χ2n) is 6.04. The molecule has 0 aliphatic carbocycles. The van der Waals surface area contributed by atoms with Crippen LogP contribution in [0, 0.1) is 13.8 Å². The molecule has 1 N–H and O–H groups in total. The molecule has 1 aromatic heterocycles. The first-order valence-electron chi connectivity index (χ1n) is 8.40. The highest BCUT2D eigenvalue weighted by Crippen LogP contribution is 2.23. The molecule has 8 heteroatoms. The number of aryl methyl sites for hydroxylation is 1. The quantitative estimate of drug-likeness (QED) is 0.615. The highest BCUT2D eigenvalue weighted by Gasteiger charge is 2.18. The zero-order chi connectivity index (χ0) is 20.3. The van der Waals surface area contributed by atoms with E-state index >= 15 is 0 Å². The standard InChI is InChI=1S/C20H17Cl2N3O3/c1-12-19(13(2)25(24-12)15-6-4-3-5-7-15)23-18(26)11-28-20(27)16-10-14(21)8-9-17(16)22/h3-10H,11H2,1-2H3,(H,23,26). The number of nitrogens with zero attached hydrogens (tertiary/aromatic N) is 2. The van der Waals surface area contributed by atoms with Crippen molar-refractivity contribution in [3.05, 3.63) is 75.5 Å². The maximum absolute atomic E-state index is 12.3. The largest absolute Gasteiger partial charge is 0.452 e. The van der Waals surface area contributed by atoms with E-state index in [1.807, 2.05) is 37.3 Å². The molecule has 6 nitrogen and oxygen atoms in total. The Morgan fingerprint density at radius 1 is 1.11 bits per heavy atom. The lowest BCUT2D eigenvalue weighted by Gasteiger charge is -2.09. The van der Waals surface area contributed by atoms with Crippen molar-refractivity contribution in [1.29, 1.82) is 0 Å². The van der Waals surface area contributed by atoms with Gasteiger partial charge in [-0.05, 0) is 44.2 Å². The van der Waals surface area contributed by atoms with Gasteiger partial charge in [-0.2, -0.15) is 5.10 Å². The number of hydrogen-bond donors (Lipinski definition) is 1. The summed E-state index contributed by atoms with van der Waals surface area (Å²) in [6, 6.07) is 14.0. The summed E-state index contributed by atoms with van der Waals surface area (Å²) in [6.07, 6.45) is 0. The van der Waals surface area contributed by atoms with Crippen molar-refractivity contribution in [3.63, 3.8) is 0 Å². The molecule has 1 amide bonds. The summed E-state index contributed by atoms with van der Waals surface area (Å²) in [7, 11) is 0. The SMILES string of the molecule is Cc1nn(-c2ccccc2)c(C)c1NC(=O)COC(=O)c1cc(Cl)ccc1Cl. The highest BCUT2D eigenvalue weighted by atomic mass is 35.5. The number of benzene rings is 2. The van der Waals surface area contributed by atoms with Gasteiger partial charge < -0.3 is 10.1 Å². The predicted molar refractivity (Wildman–Crippen MR) is 108 cm³/mol. The van der Waals surface area contributed by atoms with Crippen LogP contribution in [0.2, 0.25) is 10.0 Å². The predicted octanol–water partition coefficient (Wildman–Crippen LogP) is 4.59. The van der Waals surface area contributed by atoms with Gasteiger partial charge in [-0.15, -0.1) is 0 Å². The van der Waals surface area contributed by atoms with Crippen LogP contribution >= 0.6 is 23.2 Å². The number of amides is 1. The van der Waals surface area contributed by atoms with E-state index in [2.05, 4.69) is 10.4 Å². The van der Waals surface area contributed by atoms with Gasteiger partial charge >= 0.3 is 5.97 Å². The summed E-state index contributed by atoms with van der Waals surface area (Å²) in [5, 5.41) is 7.75. The maximum Gasteiger partial charge on any atom is 0.340 e. The maximum atomic E-state index is 12.3. The van der Waals surface area contributed by atoms with E-state index in [0.717, 1.165) is 11.4 Å². The average Bonchev–Trinajstić information content (AvgIpc) is 2.97. The zero-order valence-corrected chi connectivity index (χ0v) is 16.7. The van der Waals surface area contributed by atoms with Crippen LogP contribution in [0.15, 0.2) is 48.5 Å². The third-order valence-corrected chi connectivity index (χ3v) is 4.60. The first-order valence-corrected chi connectivity index (χ1v) is 9.16. The van der Waals surface area contributed by atoms with E-state index in [1.54, 1.807) is 17.7 Å². The zero-order valence-electron chi connectivity index (χ0n) is 15.2. The first-order chi connectivity index (χ1) is 13.4. The number of esters is 1. The van der Waals surface area contributed by atoms with Crippen LogP contribution < -0.4 is 5.32 Å². The summed E-state index contributed by atoms with van der Waals surface area (Å²) >= 11 is 11.8. The molecule has 3 rings (SSSR count). The minimum Gasteiger partial charge on any atom is -0.452 e. The smallest absolute Gasteiger partial charge is 0.340 e. The lowest BCUT2D eigenvalue weighted by Crippen LogP contribution is -2.21. The Morgan fingerprint density at radius 2 is 1.82 bits per heavy atom. The molecule has 0 fully saturated rings. The van der Waals surface area contributed by atoms with Crippen molar-refractivity contribution in [3.8, 4) is 5.69 Å². The molecular formula is C20H17Cl2N3O3. The molecule has 0 radical (unpaired) electrons. The van der Waals surface area contributed by atoms with Gasteiger partial charge in [0.05, 0.1) is 33.3 Å². The minimum absolute atomic E-state index is 0.103. The molecule has 3 aromatic rings. The molecule has 0 aliphatic rings. The minimum atomic E-state index is -0.726. The average molecular weight is 418 g/mol. The van der Waals surface area contributed by atoms with E-state index in [0.29, 0.717) is 16.4 Å². The molecule has 0 atom stereocenters. The number of ether oxygens (including phenoxy) is 1. The van der Waals surface area contributed by atoms with Crippen LogP contribution in [0.5, 0.6) is 0 Å². The van der Waals surface area contributed by atoms with E-state index in [-0.39, 0.29) is 10.6 Å². The molecule has 2 aromatic carbocycles. The van der Waals surface area contributed by atoms with Crippen molar-refractivity contribution in [2.75, 3.05) is 11.9 Å². The van der Waals surface area contributed by atoms with Gasteiger partial charge in [0.15, 0.2) is 6.61 Å². The summed E-state index contributed by atoms with van der Waals surface area (Å²) in [4.78, 5) is 24.4. The number of carbonyl (C=O) groups is 2. The highest BCUT2D eigenvalue weighted by molar-refractivity contribution is 6.35. The summed E-state index contributed by atoms with van der Waals surface area (Å²) in [6.45, 7) is 3.18. The van der Waals surface area contributed by atoms with Crippen LogP contribution in [-0.2, 0) is 9.53 Å². The Balaban J connectivity index is 1.68. The summed E-state index contributed by atoms with van der Waals surface area (Å²) in [5.74, 6) is -1.21. The second-order valence-corrected chi connectivity index (χ2v) is 6.89. The Kier molecular flexibility index (Phi) is 6.02. The number of carbonyl (C=O) groups excluding carboxylic acids is 2. The molecule has 0 saturated heterocycles. The van der Waals surface area contributed by atoms with Crippen LogP contribution in [0.4, 0.5) is 5.69 Å². The fourth-order valence-electron chi connectivity index (χ4n) is 2.68. The van der Waals surface area contributed by atoms with Gasteiger partial charge in [-0.25, -0.2) is 9.48 Å². The van der Waals surface area contributed by atoms with Gasteiger partial charge in [-0.1, -0.05) is 41.4 Å². The van der Waals surface area contributed by atoms with Crippen molar-refractivity contribution in [2.45, 2.75) is 13.8 Å². The van der Waals surface area contributed by atoms with Gasteiger partial charge in [-0.3, -0.25) is 4.79 Å². The van der Waals surface area contributed by atoms with Crippen molar-refractivity contribution < 1.29 is 14.3 Å². The van der Waals surface area contributed by atoms with Crippen LogP contribution in [0.3, 0.4) is 0 Å². The lowest BCUT2D eigenvalue weighted by atomic mass is 10.2. The number of halogens is 2. The topological polar surface area (TPSA) is 73.2 Å². The van der Waals surface area contributed by atoms with E-state index in [1.165, 1.54) is 12.1 Å². The van der Waals surface area contributed by atoms with E-state index in [4.69, 9.17) is 27.9 Å². The Hall–Kier alpha value is -2.83. The number of anilines is 1. The number of hydrogen-bond acceptors (Lipinski definition) is 4. The van der Waals surface area contributed by atoms with Crippen LogP contribution in [0.1, 0.15) is 21.7 Å². The van der Waals surface area contributed by atoms with E-state index < -0.39 is 18.5 Å². The molecule has 28 heavy (non-hydrogen) atoms. The molecule has 0 aliphatic heterocycles. The number of aromatic nitrogens is 2. The van der Waals surface area contributed by atoms with Crippen LogP contribution in [0.25, 0.3) is 5.69 Å².